The second kappa shape index (κ2) is 5.98. The number of methoxy groups -OCH3 is 1. The molecule has 0 aliphatic heterocycles. The summed E-state index contributed by atoms with van der Waals surface area (Å²) in [6, 6.07) is 5.79. The zero-order valence-electron chi connectivity index (χ0n) is 10.3. The fourth-order valence-electron chi connectivity index (χ4n) is 1.51. The van der Waals surface area contributed by atoms with Crippen molar-refractivity contribution in [3.05, 3.63) is 46.1 Å². The van der Waals surface area contributed by atoms with Crippen LogP contribution in [-0.4, -0.2) is 23.2 Å². The van der Waals surface area contributed by atoms with Gasteiger partial charge in [-0.15, -0.1) is 0 Å². The smallest absolute Gasteiger partial charge is 0.339 e. The molecule has 0 atom stereocenters. The van der Waals surface area contributed by atoms with Crippen molar-refractivity contribution in [2.75, 3.05) is 7.11 Å². The number of pyridine rings is 1. The van der Waals surface area contributed by atoms with Crippen LogP contribution in [0.4, 0.5) is 0 Å². The second-order valence-electron chi connectivity index (χ2n) is 3.68. The first-order chi connectivity index (χ1) is 9.52. The SMILES string of the molecule is COc1ncccc1Oc1cc(Cl)c(Cl)cc1C(=O)O. The van der Waals surface area contributed by atoms with E-state index in [0.29, 0.717) is 0 Å². The highest BCUT2D eigenvalue weighted by atomic mass is 35.5. The van der Waals surface area contributed by atoms with E-state index < -0.39 is 5.97 Å². The number of carboxylic acid groups (broad SMARTS) is 1. The number of ether oxygens (including phenoxy) is 2. The molecule has 0 aliphatic rings. The molecule has 7 heteroatoms. The van der Waals surface area contributed by atoms with Crippen LogP contribution in [0.25, 0.3) is 0 Å². The Labute approximate surface area is 124 Å². The first-order valence-electron chi connectivity index (χ1n) is 5.42. The number of nitrogens with zero attached hydrogens (tertiary/aromatic N) is 1. The Hall–Kier alpha value is -1.98. The Morgan fingerprint density at radius 3 is 2.60 bits per heavy atom. The van der Waals surface area contributed by atoms with Gasteiger partial charge in [0.1, 0.15) is 11.3 Å². The predicted octanol–water partition coefficient (Wildman–Crippen LogP) is 3.89. The number of hydrogen-bond donors (Lipinski definition) is 1. The van der Waals surface area contributed by atoms with Crippen molar-refractivity contribution in [2.45, 2.75) is 0 Å². The standard InChI is InChI=1S/C13H9Cl2NO4/c1-19-12-10(3-2-4-16-12)20-11-6-9(15)8(14)5-7(11)13(17)18/h2-6H,1H3,(H,17,18). The van der Waals surface area contributed by atoms with Gasteiger partial charge in [-0.3, -0.25) is 0 Å². The van der Waals surface area contributed by atoms with E-state index in [1.54, 1.807) is 12.1 Å². The van der Waals surface area contributed by atoms with Crippen LogP contribution in [0.1, 0.15) is 10.4 Å². The number of hydrogen-bond acceptors (Lipinski definition) is 4. The number of halogens is 2. The van der Waals surface area contributed by atoms with Crippen molar-refractivity contribution >= 4 is 29.2 Å². The number of rotatable bonds is 4. The highest BCUT2D eigenvalue weighted by Gasteiger charge is 2.17. The monoisotopic (exact) mass is 313 g/mol. The topological polar surface area (TPSA) is 68.7 Å². The molecule has 2 aromatic rings. The van der Waals surface area contributed by atoms with Gasteiger partial charge in [-0.25, -0.2) is 9.78 Å². The zero-order chi connectivity index (χ0) is 14.7. The molecule has 0 saturated heterocycles. The lowest BCUT2D eigenvalue weighted by Gasteiger charge is -2.12. The first kappa shape index (κ1) is 14.4. The Balaban J connectivity index is 2.47. The Bertz CT molecular complexity index is 661. The van der Waals surface area contributed by atoms with Crippen molar-refractivity contribution in [3.8, 4) is 17.4 Å². The third kappa shape index (κ3) is 2.95. The van der Waals surface area contributed by atoms with Gasteiger partial charge in [0.2, 0.25) is 0 Å². The summed E-state index contributed by atoms with van der Waals surface area (Å²) >= 11 is 11.7. The van der Waals surface area contributed by atoms with Crippen LogP contribution < -0.4 is 9.47 Å². The molecular weight excluding hydrogens is 305 g/mol. The number of aromatic carboxylic acids is 1. The minimum Gasteiger partial charge on any atom is -0.478 e. The Morgan fingerprint density at radius 1 is 1.25 bits per heavy atom. The Kier molecular flexibility index (Phi) is 4.32. The number of carbonyl (C=O) groups is 1. The lowest BCUT2D eigenvalue weighted by molar-refractivity contribution is 0.0694. The van der Waals surface area contributed by atoms with Crippen LogP contribution >= 0.6 is 23.2 Å². The van der Waals surface area contributed by atoms with E-state index in [-0.39, 0.29) is 33.0 Å². The van der Waals surface area contributed by atoms with E-state index in [1.165, 1.54) is 25.4 Å². The van der Waals surface area contributed by atoms with Gasteiger partial charge in [-0.05, 0) is 18.2 Å². The predicted molar refractivity (Wildman–Crippen MR) is 74.3 cm³/mol. The molecule has 2 rings (SSSR count). The minimum atomic E-state index is -1.18. The summed E-state index contributed by atoms with van der Waals surface area (Å²) in [5.74, 6) is -0.620. The quantitative estimate of drug-likeness (QED) is 0.927. The largest absolute Gasteiger partial charge is 0.478 e. The molecular formula is C13H9Cl2NO4. The first-order valence-corrected chi connectivity index (χ1v) is 6.17. The molecule has 0 aliphatic carbocycles. The van der Waals surface area contributed by atoms with Gasteiger partial charge >= 0.3 is 5.97 Å². The Morgan fingerprint density at radius 2 is 1.95 bits per heavy atom. The molecule has 0 spiro atoms. The van der Waals surface area contributed by atoms with E-state index in [2.05, 4.69) is 4.98 Å². The molecule has 1 heterocycles. The molecule has 0 fully saturated rings. The summed E-state index contributed by atoms with van der Waals surface area (Å²) < 4.78 is 10.5. The number of aromatic nitrogens is 1. The van der Waals surface area contributed by atoms with Gasteiger partial charge in [-0.1, -0.05) is 23.2 Å². The van der Waals surface area contributed by atoms with E-state index in [1.807, 2.05) is 0 Å². The number of carboxylic acids is 1. The molecule has 0 unspecified atom stereocenters. The summed E-state index contributed by atoms with van der Waals surface area (Å²) in [5.41, 5.74) is -0.106. The van der Waals surface area contributed by atoms with Crippen molar-refractivity contribution in [2.24, 2.45) is 0 Å². The molecule has 0 saturated carbocycles. The second-order valence-corrected chi connectivity index (χ2v) is 4.49. The van der Waals surface area contributed by atoms with Gasteiger partial charge in [0.05, 0.1) is 17.2 Å². The lowest BCUT2D eigenvalue weighted by Crippen LogP contribution is -2.01. The van der Waals surface area contributed by atoms with E-state index in [9.17, 15) is 4.79 Å². The summed E-state index contributed by atoms with van der Waals surface area (Å²) in [6.45, 7) is 0. The molecule has 20 heavy (non-hydrogen) atoms. The average Bonchev–Trinajstić information content (AvgIpc) is 2.43. The van der Waals surface area contributed by atoms with E-state index in [4.69, 9.17) is 37.8 Å². The molecule has 0 radical (unpaired) electrons. The van der Waals surface area contributed by atoms with E-state index >= 15 is 0 Å². The zero-order valence-corrected chi connectivity index (χ0v) is 11.8. The summed E-state index contributed by atoms with van der Waals surface area (Å²) in [5, 5.41) is 9.48. The van der Waals surface area contributed by atoms with E-state index in [0.717, 1.165) is 0 Å². The summed E-state index contributed by atoms with van der Waals surface area (Å²) in [4.78, 5) is 15.2. The van der Waals surface area contributed by atoms with Gasteiger partial charge in [0, 0.05) is 12.3 Å². The maximum atomic E-state index is 11.2. The maximum Gasteiger partial charge on any atom is 0.339 e. The third-order valence-electron chi connectivity index (χ3n) is 2.40. The van der Waals surface area contributed by atoms with Gasteiger partial charge in [0.25, 0.3) is 5.88 Å². The highest BCUT2D eigenvalue weighted by molar-refractivity contribution is 6.42. The molecule has 5 nitrogen and oxygen atoms in total. The molecule has 1 aromatic heterocycles. The number of benzene rings is 1. The fraction of sp³-hybridized carbons (Fsp3) is 0.0769. The molecule has 0 amide bonds. The van der Waals surface area contributed by atoms with Crippen LogP contribution in [0.5, 0.6) is 17.4 Å². The van der Waals surface area contributed by atoms with Gasteiger partial charge in [0.15, 0.2) is 5.75 Å². The maximum absolute atomic E-state index is 11.2. The molecule has 0 bridgehead atoms. The van der Waals surface area contributed by atoms with Crippen molar-refractivity contribution in [1.29, 1.82) is 0 Å². The fourth-order valence-corrected chi connectivity index (χ4v) is 1.82. The van der Waals surface area contributed by atoms with Crippen molar-refractivity contribution in [1.82, 2.24) is 4.98 Å². The van der Waals surface area contributed by atoms with Crippen LogP contribution in [0.2, 0.25) is 10.0 Å². The van der Waals surface area contributed by atoms with Crippen LogP contribution in [-0.2, 0) is 0 Å². The molecule has 1 N–H and O–H groups in total. The van der Waals surface area contributed by atoms with Crippen molar-refractivity contribution < 1.29 is 19.4 Å². The molecule has 104 valence electrons. The summed E-state index contributed by atoms with van der Waals surface area (Å²) in [7, 11) is 1.43. The third-order valence-corrected chi connectivity index (χ3v) is 3.12. The average molecular weight is 314 g/mol. The lowest BCUT2D eigenvalue weighted by atomic mass is 10.2. The van der Waals surface area contributed by atoms with Crippen molar-refractivity contribution in [3.63, 3.8) is 0 Å². The van der Waals surface area contributed by atoms with Crippen LogP contribution in [0.15, 0.2) is 30.5 Å². The van der Waals surface area contributed by atoms with Gasteiger partial charge in [-0.2, -0.15) is 0 Å². The minimum absolute atomic E-state index is 0.0539. The van der Waals surface area contributed by atoms with Crippen LogP contribution in [0.3, 0.4) is 0 Å². The highest BCUT2D eigenvalue weighted by Crippen LogP contribution is 2.35. The van der Waals surface area contributed by atoms with Gasteiger partial charge < -0.3 is 14.6 Å². The molecule has 1 aromatic carbocycles. The summed E-state index contributed by atoms with van der Waals surface area (Å²) in [6.07, 6.45) is 1.53. The normalized spacial score (nSPS) is 10.2. The van der Waals surface area contributed by atoms with Crippen LogP contribution in [0, 0.1) is 0 Å².